The van der Waals surface area contributed by atoms with Crippen LogP contribution < -0.4 is 0 Å². The Kier molecular flexibility index (Phi) is 5.05. The average Bonchev–Trinajstić information content (AvgIpc) is 2.30. The van der Waals surface area contributed by atoms with Crippen LogP contribution in [0.5, 0.6) is 0 Å². The van der Waals surface area contributed by atoms with Gasteiger partial charge in [-0.15, -0.1) is 12.6 Å². The van der Waals surface area contributed by atoms with Gasteiger partial charge in [0.25, 0.3) is 0 Å². The summed E-state index contributed by atoms with van der Waals surface area (Å²) < 4.78 is 4.91. The Bertz CT molecular complexity index is 463. The predicted molar refractivity (Wildman–Crippen MR) is 68.1 cm³/mol. The number of carbonyl (C=O) groups excluding carboxylic acids is 1. The van der Waals surface area contributed by atoms with Crippen molar-refractivity contribution in [3.05, 3.63) is 28.8 Å². The van der Waals surface area contributed by atoms with Crippen LogP contribution >= 0.6 is 12.6 Å². The summed E-state index contributed by atoms with van der Waals surface area (Å²) in [6.45, 7) is 4.10. The number of nitriles is 1. The Morgan fingerprint density at radius 1 is 1.47 bits per heavy atom. The summed E-state index contributed by atoms with van der Waals surface area (Å²) in [6, 6.07) is 5.79. The predicted octanol–water partition coefficient (Wildman–Crippen LogP) is 2.51. The number of aryl methyl sites for hydroxylation is 1. The zero-order chi connectivity index (χ0) is 12.8. The second-order valence-corrected chi connectivity index (χ2v) is 4.03. The van der Waals surface area contributed by atoms with Crippen LogP contribution in [0.25, 0.3) is 0 Å². The number of nitrogens with zero attached hydrogens (tertiary/aromatic N) is 1. The molecule has 1 rings (SSSR count). The molecular weight excluding hydrogens is 234 g/mol. The number of hydrogen-bond donors (Lipinski definition) is 1. The fraction of sp³-hybridized carbons (Fsp3) is 0.385. The number of carbonyl (C=O) groups is 1. The fourth-order valence-corrected chi connectivity index (χ4v) is 1.95. The van der Waals surface area contributed by atoms with E-state index in [9.17, 15) is 4.79 Å². The summed E-state index contributed by atoms with van der Waals surface area (Å²) in [7, 11) is 0. The van der Waals surface area contributed by atoms with E-state index in [1.807, 2.05) is 13.0 Å². The summed E-state index contributed by atoms with van der Waals surface area (Å²) in [5.41, 5.74) is 2.20. The molecule has 0 radical (unpaired) electrons. The molecule has 0 aromatic heterocycles. The van der Waals surface area contributed by atoms with Crippen LogP contribution in [0.4, 0.5) is 0 Å². The van der Waals surface area contributed by atoms with Gasteiger partial charge in [0.1, 0.15) is 6.07 Å². The topological polar surface area (TPSA) is 50.1 Å². The number of benzene rings is 1. The van der Waals surface area contributed by atoms with Crippen LogP contribution in [-0.2, 0) is 22.4 Å². The molecule has 0 unspecified atom stereocenters. The monoisotopic (exact) mass is 249 g/mol. The summed E-state index contributed by atoms with van der Waals surface area (Å²) in [6.07, 6.45) is 0.909. The molecule has 0 amide bonds. The molecule has 1 aromatic rings. The first kappa shape index (κ1) is 13.6. The molecule has 0 N–H and O–H groups in total. The summed E-state index contributed by atoms with van der Waals surface area (Å²) in [4.78, 5) is 12.1. The largest absolute Gasteiger partial charge is 0.466 e. The quantitative estimate of drug-likeness (QED) is 0.659. The van der Waals surface area contributed by atoms with Crippen molar-refractivity contribution >= 4 is 18.6 Å². The molecular formula is C13H15NO2S. The molecule has 0 saturated carbocycles. The zero-order valence-corrected chi connectivity index (χ0v) is 10.9. The Labute approximate surface area is 107 Å². The zero-order valence-electron chi connectivity index (χ0n) is 9.99. The van der Waals surface area contributed by atoms with Crippen molar-refractivity contribution < 1.29 is 9.53 Å². The Morgan fingerprint density at radius 3 is 2.71 bits per heavy atom. The van der Waals surface area contributed by atoms with Crippen LogP contribution in [0.3, 0.4) is 0 Å². The number of rotatable bonds is 4. The van der Waals surface area contributed by atoms with Gasteiger partial charge in [-0.1, -0.05) is 13.0 Å². The first-order chi connectivity index (χ1) is 8.13. The summed E-state index contributed by atoms with van der Waals surface area (Å²) in [5, 5.41) is 9.11. The van der Waals surface area contributed by atoms with Gasteiger partial charge in [-0.25, -0.2) is 0 Å². The van der Waals surface area contributed by atoms with E-state index in [1.54, 1.807) is 13.0 Å². The van der Waals surface area contributed by atoms with Crippen molar-refractivity contribution in [3.63, 3.8) is 0 Å². The van der Waals surface area contributed by atoms with Crippen LogP contribution in [0, 0.1) is 11.3 Å². The normalized spacial score (nSPS) is 9.76. The lowest BCUT2D eigenvalue weighted by atomic mass is 9.97. The lowest BCUT2D eigenvalue weighted by Gasteiger charge is -2.11. The van der Waals surface area contributed by atoms with Crippen molar-refractivity contribution in [2.75, 3.05) is 6.61 Å². The second kappa shape index (κ2) is 6.31. The number of hydrogen-bond acceptors (Lipinski definition) is 4. The SMILES string of the molecule is CCOC(=O)Cc1c(CC)ccc(S)c1C#N. The third-order valence-corrected chi connectivity index (χ3v) is 2.88. The molecule has 0 atom stereocenters. The van der Waals surface area contributed by atoms with Gasteiger partial charge in [-0.05, 0) is 30.5 Å². The first-order valence-electron chi connectivity index (χ1n) is 5.53. The molecule has 0 aliphatic heterocycles. The average molecular weight is 249 g/mol. The maximum atomic E-state index is 11.5. The lowest BCUT2D eigenvalue weighted by molar-refractivity contribution is -0.142. The number of thiol groups is 1. The Morgan fingerprint density at radius 2 is 2.18 bits per heavy atom. The van der Waals surface area contributed by atoms with Crippen LogP contribution in [0.2, 0.25) is 0 Å². The molecule has 0 aliphatic rings. The fourth-order valence-electron chi connectivity index (χ4n) is 1.69. The van der Waals surface area contributed by atoms with E-state index in [-0.39, 0.29) is 12.4 Å². The number of esters is 1. The van der Waals surface area contributed by atoms with Crippen molar-refractivity contribution in [1.82, 2.24) is 0 Å². The molecule has 17 heavy (non-hydrogen) atoms. The van der Waals surface area contributed by atoms with E-state index >= 15 is 0 Å². The Balaban J connectivity index is 3.15. The highest BCUT2D eigenvalue weighted by molar-refractivity contribution is 7.80. The summed E-state index contributed by atoms with van der Waals surface area (Å²) in [5.74, 6) is -0.308. The molecule has 0 spiro atoms. The lowest BCUT2D eigenvalue weighted by Crippen LogP contribution is -2.11. The highest BCUT2D eigenvalue weighted by Crippen LogP contribution is 2.23. The molecule has 0 saturated heterocycles. The smallest absolute Gasteiger partial charge is 0.310 e. The third kappa shape index (κ3) is 3.24. The van der Waals surface area contributed by atoms with E-state index < -0.39 is 0 Å². The van der Waals surface area contributed by atoms with Gasteiger partial charge in [-0.2, -0.15) is 5.26 Å². The first-order valence-corrected chi connectivity index (χ1v) is 5.98. The van der Waals surface area contributed by atoms with Crippen molar-refractivity contribution in [2.45, 2.75) is 31.6 Å². The molecule has 0 bridgehead atoms. The molecule has 0 fully saturated rings. The molecule has 0 heterocycles. The van der Waals surface area contributed by atoms with Crippen LogP contribution in [0.15, 0.2) is 17.0 Å². The van der Waals surface area contributed by atoms with Crippen molar-refractivity contribution in [2.24, 2.45) is 0 Å². The minimum Gasteiger partial charge on any atom is -0.466 e. The van der Waals surface area contributed by atoms with E-state index in [0.717, 1.165) is 17.5 Å². The minimum absolute atomic E-state index is 0.133. The maximum absolute atomic E-state index is 11.5. The second-order valence-electron chi connectivity index (χ2n) is 3.54. The van der Waals surface area contributed by atoms with Gasteiger partial charge in [0, 0.05) is 4.90 Å². The van der Waals surface area contributed by atoms with Gasteiger partial charge >= 0.3 is 5.97 Å². The maximum Gasteiger partial charge on any atom is 0.310 e. The molecule has 4 heteroatoms. The molecule has 90 valence electrons. The van der Waals surface area contributed by atoms with Crippen LogP contribution in [0.1, 0.15) is 30.5 Å². The van der Waals surface area contributed by atoms with Gasteiger partial charge in [0.15, 0.2) is 0 Å². The minimum atomic E-state index is -0.308. The van der Waals surface area contributed by atoms with Crippen LogP contribution in [-0.4, -0.2) is 12.6 Å². The van der Waals surface area contributed by atoms with Gasteiger partial charge < -0.3 is 4.74 Å². The van der Waals surface area contributed by atoms with Crippen molar-refractivity contribution in [3.8, 4) is 6.07 Å². The highest BCUT2D eigenvalue weighted by atomic mass is 32.1. The molecule has 1 aromatic carbocycles. The van der Waals surface area contributed by atoms with E-state index in [2.05, 4.69) is 18.7 Å². The van der Waals surface area contributed by atoms with E-state index in [1.165, 1.54) is 0 Å². The number of ether oxygens (including phenoxy) is 1. The third-order valence-electron chi connectivity index (χ3n) is 2.51. The van der Waals surface area contributed by atoms with Gasteiger partial charge in [-0.3, -0.25) is 4.79 Å². The standard InChI is InChI=1S/C13H15NO2S/c1-3-9-5-6-12(17)11(8-14)10(9)7-13(15)16-4-2/h5-6,17H,3-4,7H2,1-2H3. The van der Waals surface area contributed by atoms with Crippen molar-refractivity contribution in [1.29, 1.82) is 5.26 Å². The summed E-state index contributed by atoms with van der Waals surface area (Å²) >= 11 is 4.23. The highest BCUT2D eigenvalue weighted by Gasteiger charge is 2.14. The van der Waals surface area contributed by atoms with E-state index in [0.29, 0.717) is 17.1 Å². The van der Waals surface area contributed by atoms with Gasteiger partial charge in [0.2, 0.25) is 0 Å². The molecule has 3 nitrogen and oxygen atoms in total. The van der Waals surface area contributed by atoms with Gasteiger partial charge in [0.05, 0.1) is 18.6 Å². The molecule has 0 aliphatic carbocycles. The Hall–Kier alpha value is -1.47. The van der Waals surface area contributed by atoms with E-state index in [4.69, 9.17) is 10.00 Å².